The molecule has 0 bridgehead atoms. The number of hydrogen-bond donors (Lipinski definition) is 0. The minimum absolute atomic E-state index is 0.00116. The van der Waals surface area contributed by atoms with Crippen molar-refractivity contribution in [2.45, 2.75) is 13.8 Å². The first-order chi connectivity index (χ1) is 13.4. The molecule has 4 nitrogen and oxygen atoms in total. The molecule has 0 saturated heterocycles. The van der Waals surface area contributed by atoms with Crippen LogP contribution in [0.1, 0.15) is 11.5 Å². The Morgan fingerprint density at radius 3 is 2.61 bits per heavy atom. The lowest BCUT2D eigenvalue weighted by Gasteiger charge is -2.11. The number of fused-ring (bicyclic) bond motifs is 1. The minimum Gasteiger partial charge on any atom is -0.493 e. The van der Waals surface area contributed by atoms with E-state index in [2.05, 4.69) is 26.2 Å². The zero-order chi connectivity index (χ0) is 20.0. The molecule has 0 aliphatic heterocycles. The molecule has 0 saturated carbocycles. The molecular weight excluding hydrogens is 497 g/mol. The number of halogens is 3. The van der Waals surface area contributed by atoms with Crippen LogP contribution in [0.5, 0.6) is 5.75 Å². The summed E-state index contributed by atoms with van der Waals surface area (Å²) >= 11 is 2.16. The van der Waals surface area contributed by atoms with Gasteiger partial charge in [0, 0.05) is 70.4 Å². The standard InChI is InChI=1S/C20H15F2IN2O2S/c1-10-4-5-17(27-10)12-6-15-18(11(2)25(28-23)20(15)24-9-12)14-7-13(21)8-16(22)19(14)26-3/h4-9H,1-3H3. The first-order valence-electron chi connectivity index (χ1n) is 8.35. The van der Waals surface area contributed by atoms with Crippen LogP contribution in [0.15, 0.2) is 40.9 Å². The van der Waals surface area contributed by atoms with E-state index in [1.807, 2.05) is 36.0 Å². The van der Waals surface area contributed by atoms with Crippen LogP contribution in [0.3, 0.4) is 0 Å². The van der Waals surface area contributed by atoms with Gasteiger partial charge in [-0.05, 0) is 38.1 Å². The van der Waals surface area contributed by atoms with Crippen molar-refractivity contribution in [3.8, 4) is 28.2 Å². The lowest BCUT2D eigenvalue weighted by atomic mass is 10.0. The van der Waals surface area contributed by atoms with E-state index >= 15 is 0 Å². The van der Waals surface area contributed by atoms with E-state index in [1.54, 1.807) is 6.20 Å². The summed E-state index contributed by atoms with van der Waals surface area (Å²) in [7, 11) is 2.81. The number of benzene rings is 1. The van der Waals surface area contributed by atoms with Crippen molar-refractivity contribution in [3.63, 3.8) is 0 Å². The molecular formula is C20H15F2IN2O2S. The van der Waals surface area contributed by atoms with Crippen molar-refractivity contribution in [1.29, 1.82) is 0 Å². The van der Waals surface area contributed by atoms with Crippen LogP contribution in [0.2, 0.25) is 0 Å². The summed E-state index contributed by atoms with van der Waals surface area (Å²) < 4.78 is 41.3. The zero-order valence-corrected chi connectivity index (χ0v) is 18.2. The second-order valence-corrected chi connectivity index (χ2v) is 7.98. The second kappa shape index (κ2) is 7.40. The third-order valence-electron chi connectivity index (χ3n) is 4.57. The van der Waals surface area contributed by atoms with Crippen LogP contribution in [0, 0.1) is 25.5 Å². The topological polar surface area (TPSA) is 40.2 Å². The number of aryl methyl sites for hydroxylation is 1. The number of ether oxygens (including phenoxy) is 1. The van der Waals surface area contributed by atoms with E-state index in [4.69, 9.17) is 9.15 Å². The minimum atomic E-state index is -0.745. The van der Waals surface area contributed by atoms with Crippen molar-refractivity contribution in [1.82, 2.24) is 8.96 Å². The third kappa shape index (κ3) is 3.08. The Morgan fingerprint density at radius 2 is 1.96 bits per heavy atom. The summed E-state index contributed by atoms with van der Waals surface area (Å²) in [6, 6.07) is 7.78. The van der Waals surface area contributed by atoms with Gasteiger partial charge < -0.3 is 9.15 Å². The highest BCUT2D eigenvalue weighted by Gasteiger charge is 2.23. The smallest absolute Gasteiger partial charge is 0.168 e. The van der Waals surface area contributed by atoms with E-state index < -0.39 is 11.6 Å². The average molecular weight is 512 g/mol. The highest BCUT2D eigenvalue weighted by molar-refractivity contribution is 14.2. The molecule has 3 heterocycles. The van der Waals surface area contributed by atoms with E-state index in [0.29, 0.717) is 22.5 Å². The number of hydrogen-bond acceptors (Lipinski definition) is 4. The molecule has 0 N–H and O–H groups in total. The number of methoxy groups -OCH3 is 1. The molecule has 4 rings (SSSR count). The van der Waals surface area contributed by atoms with Crippen LogP contribution in [0.25, 0.3) is 33.5 Å². The van der Waals surface area contributed by atoms with Crippen LogP contribution in [-0.4, -0.2) is 16.1 Å². The molecule has 0 unspecified atom stereocenters. The van der Waals surface area contributed by atoms with Gasteiger partial charge in [-0.3, -0.25) is 3.97 Å². The Bertz CT molecular complexity index is 1200. The Balaban J connectivity index is 2.07. The van der Waals surface area contributed by atoms with Gasteiger partial charge in [0.2, 0.25) is 0 Å². The number of furan rings is 1. The fourth-order valence-corrected chi connectivity index (χ4v) is 5.21. The van der Waals surface area contributed by atoms with Gasteiger partial charge in [0.25, 0.3) is 0 Å². The fraction of sp³-hybridized carbons (Fsp3) is 0.150. The van der Waals surface area contributed by atoms with Gasteiger partial charge >= 0.3 is 0 Å². The Hall–Kier alpha value is -2.07. The highest BCUT2D eigenvalue weighted by atomic mass is 127. The van der Waals surface area contributed by atoms with E-state index in [0.717, 1.165) is 28.5 Å². The van der Waals surface area contributed by atoms with Crippen molar-refractivity contribution in [2.75, 3.05) is 7.11 Å². The predicted molar refractivity (Wildman–Crippen MR) is 116 cm³/mol. The lowest BCUT2D eigenvalue weighted by Crippen LogP contribution is -1.95. The maximum atomic E-state index is 14.4. The van der Waals surface area contributed by atoms with Gasteiger partial charge in [-0.1, -0.05) is 0 Å². The van der Waals surface area contributed by atoms with Crippen molar-refractivity contribution >= 4 is 41.4 Å². The molecule has 4 aromatic rings. The van der Waals surface area contributed by atoms with Crippen LogP contribution in [0.4, 0.5) is 8.78 Å². The average Bonchev–Trinajstić information content (AvgIpc) is 3.20. The van der Waals surface area contributed by atoms with E-state index in [-0.39, 0.29) is 5.75 Å². The molecule has 0 aliphatic carbocycles. The molecule has 8 heteroatoms. The quantitative estimate of drug-likeness (QED) is 0.285. The van der Waals surface area contributed by atoms with Gasteiger partial charge in [-0.2, -0.15) is 0 Å². The summed E-state index contributed by atoms with van der Waals surface area (Å²) in [5, 5.41) is 0.761. The van der Waals surface area contributed by atoms with Crippen LogP contribution >= 0.6 is 30.3 Å². The Labute approximate surface area is 176 Å². The summed E-state index contributed by atoms with van der Waals surface area (Å²) in [5.41, 5.74) is 3.32. The number of nitrogens with zero attached hydrogens (tertiary/aromatic N) is 2. The molecule has 3 aromatic heterocycles. The lowest BCUT2D eigenvalue weighted by molar-refractivity contribution is 0.386. The van der Waals surface area contributed by atoms with Gasteiger partial charge in [0.05, 0.1) is 7.11 Å². The van der Waals surface area contributed by atoms with Crippen molar-refractivity contribution < 1.29 is 17.9 Å². The SMILES string of the molecule is COc1c(F)cc(F)cc1-c1c(C)n(SI)c2ncc(-c3ccc(C)o3)cc12. The molecule has 0 radical (unpaired) electrons. The number of pyridine rings is 1. The normalized spacial score (nSPS) is 11.4. The van der Waals surface area contributed by atoms with Crippen LogP contribution in [-0.2, 0) is 0 Å². The molecule has 0 spiro atoms. The van der Waals surface area contributed by atoms with Crippen molar-refractivity contribution in [3.05, 3.63) is 59.6 Å². The summed E-state index contributed by atoms with van der Waals surface area (Å²) in [5.74, 6) is 0.0666. The summed E-state index contributed by atoms with van der Waals surface area (Å²) in [6.45, 7) is 3.76. The summed E-state index contributed by atoms with van der Waals surface area (Å²) in [6.07, 6.45) is 1.73. The summed E-state index contributed by atoms with van der Waals surface area (Å²) in [4.78, 5) is 4.59. The molecule has 0 atom stereocenters. The Morgan fingerprint density at radius 1 is 1.18 bits per heavy atom. The van der Waals surface area contributed by atoms with Crippen molar-refractivity contribution in [2.24, 2.45) is 0 Å². The van der Waals surface area contributed by atoms with Gasteiger partial charge in [0.15, 0.2) is 17.2 Å². The monoisotopic (exact) mass is 512 g/mol. The largest absolute Gasteiger partial charge is 0.493 e. The Kier molecular flexibility index (Phi) is 5.09. The molecule has 0 aliphatic rings. The zero-order valence-electron chi connectivity index (χ0n) is 15.2. The van der Waals surface area contributed by atoms with Gasteiger partial charge in [0.1, 0.15) is 17.3 Å². The van der Waals surface area contributed by atoms with E-state index in [9.17, 15) is 8.78 Å². The highest BCUT2D eigenvalue weighted by Crippen LogP contribution is 2.43. The molecule has 28 heavy (non-hydrogen) atoms. The molecule has 1 aromatic carbocycles. The first-order valence-corrected chi connectivity index (χ1v) is 11.7. The maximum absolute atomic E-state index is 14.4. The number of rotatable bonds is 4. The first kappa shape index (κ1) is 19.3. The molecule has 144 valence electrons. The van der Waals surface area contributed by atoms with E-state index in [1.165, 1.54) is 22.3 Å². The third-order valence-corrected chi connectivity index (χ3v) is 6.34. The second-order valence-electron chi connectivity index (χ2n) is 6.30. The molecule has 0 amide bonds. The predicted octanol–water partition coefficient (Wildman–Crippen LogP) is 6.71. The number of aromatic nitrogens is 2. The van der Waals surface area contributed by atoms with Gasteiger partial charge in [-0.15, -0.1) is 0 Å². The maximum Gasteiger partial charge on any atom is 0.168 e. The van der Waals surface area contributed by atoms with Gasteiger partial charge in [-0.25, -0.2) is 13.8 Å². The molecule has 0 fully saturated rings. The van der Waals surface area contributed by atoms with Crippen LogP contribution < -0.4 is 4.74 Å². The fourth-order valence-electron chi connectivity index (χ4n) is 3.36.